The van der Waals surface area contributed by atoms with E-state index in [4.69, 9.17) is 5.73 Å². The lowest BCUT2D eigenvalue weighted by molar-refractivity contribution is 0.634. The van der Waals surface area contributed by atoms with E-state index in [-0.39, 0.29) is 5.71 Å². The van der Waals surface area contributed by atoms with Crippen LogP contribution >= 0.6 is 0 Å². The molecule has 72 valence electrons. The van der Waals surface area contributed by atoms with Gasteiger partial charge in [-0.15, -0.1) is 0 Å². The molecule has 0 spiro atoms. The molecule has 0 radical (unpaired) electrons. The van der Waals surface area contributed by atoms with E-state index >= 15 is 0 Å². The van der Waals surface area contributed by atoms with Crippen LogP contribution in [0.2, 0.25) is 0 Å². The van der Waals surface area contributed by atoms with Gasteiger partial charge < -0.3 is 5.73 Å². The lowest BCUT2D eigenvalue weighted by Gasteiger charge is -2.09. The third-order valence-electron chi connectivity index (χ3n) is 1.99. The monoisotopic (exact) mass is 186 g/mol. The fourth-order valence-corrected chi connectivity index (χ4v) is 1.14. The quantitative estimate of drug-likeness (QED) is 0.530. The molecule has 0 aliphatic heterocycles. The molecule has 4 heteroatoms. The van der Waals surface area contributed by atoms with Crippen molar-refractivity contribution in [2.24, 2.45) is 10.7 Å². The number of hydrogen-bond donors (Lipinski definition) is 1. The van der Waals surface area contributed by atoms with E-state index in [0.717, 1.165) is 0 Å². The maximum Gasteiger partial charge on any atom is 0.148 e. The van der Waals surface area contributed by atoms with E-state index in [1.54, 1.807) is 0 Å². The molecule has 1 fully saturated rings. The van der Waals surface area contributed by atoms with E-state index in [1.165, 1.54) is 7.05 Å². The van der Waals surface area contributed by atoms with Crippen molar-refractivity contribution in [3.05, 3.63) is 24.3 Å². The maximum atomic E-state index is 13.2. The van der Waals surface area contributed by atoms with Gasteiger partial charge in [0.05, 0.1) is 11.3 Å². The highest BCUT2D eigenvalue weighted by Crippen LogP contribution is 2.36. The second kappa shape index (κ2) is 3.38. The fourth-order valence-electron chi connectivity index (χ4n) is 1.14. The van der Waals surface area contributed by atoms with E-state index in [2.05, 4.69) is 11.6 Å². The summed E-state index contributed by atoms with van der Waals surface area (Å²) in [5, 5.41) is 0. The number of nitrogens with zero attached hydrogens (tertiary/aromatic N) is 1. The summed E-state index contributed by atoms with van der Waals surface area (Å²) in [4.78, 5) is 3.72. The Bertz CT molecular complexity index is 288. The maximum absolute atomic E-state index is 13.2. The van der Waals surface area contributed by atoms with E-state index in [9.17, 15) is 8.78 Å². The lowest BCUT2D eigenvalue weighted by Crippen LogP contribution is -2.33. The molecule has 0 aromatic heterocycles. The number of hydrogen-bond acceptors (Lipinski definition) is 2. The van der Waals surface area contributed by atoms with Gasteiger partial charge in [0.25, 0.3) is 0 Å². The minimum atomic E-state index is -0.831. The van der Waals surface area contributed by atoms with E-state index in [0.29, 0.717) is 18.9 Å². The molecule has 1 aliphatic rings. The number of nitrogens with two attached hydrogens (primary N) is 1. The second-order valence-corrected chi connectivity index (χ2v) is 3.17. The van der Waals surface area contributed by atoms with Gasteiger partial charge in [-0.2, -0.15) is 0 Å². The molecule has 1 rings (SSSR count). The Kier molecular flexibility index (Phi) is 2.61. The topological polar surface area (TPSA) is 38.4 Å². The van der Waals surface area contributed by atoms with Crippen molar-refractivity contribution in [1.29, 1.82) is 0 Å². The molecule has 0 atom stereocenters. The van der Waals surface area contributed by atoms with Crippen LogP contribution in [0.1, 0.15) is 12.8 Å². The summed E-state index contributed by atoms with van der Waals surface area (Å²) in [6.45, 7) is 2.94. The van der Waals surface area contributed by atoms with Crippen LogP contribution in [0.5, 0.6) is 0 Å². The minimum Gasteiger partial charge on any atom is -0.320 e. The van der Waals surface area contributed by atoms with Gasteiger partial charge in [0.15, 0.2) is 0 Å². The predicted octanol–water partition coefficient (Wildman–Crippen LogP) is 1.89. The zero-order chi connectivity index (χ0) is 10.1. The number of aliphatic imine (C=N–C) groups is 1. The van der Waals surface area contributed by atoms with E-state index < -0.39 is 17.2 Å². The third kappa shape index (κ3) is 2.21. The van der Waals surface area contributed by atoms with Crippen LogP contribution in [0, 0.1) is 0 Å². The molecule has 1 saturated carbocycles. The van der Waals surface area contributed by atoms with Crippen LogP contribution in [0.3, 0.4) is 0 Å². The van der Waals surface area contributed by atoms with Crippen LogP contribution in [-0.4, -0.2) is 18.3 Å². The Labute approximate surface area is 75.8 Å². The smallest absolute Gasteiger partial charge is 0.148 e. The van der Waals surface area contributed by atoms with Gasteiger partial charge in [0.2, 0.25) is 0 Å². The van der Waals surface area contributed by atoms with Crippen molar-refractivity contribution in [2.75, 3.05) is 7.05 Å². The molecule has 0 bridgehead atoms. The van der Waals surface area contributed by atoms with Crippen molar-refractivity contribution in [2.45, 2.75) is 18.4 Å². The largest absolute Gasteiger partial charge is 0.320 e. The third-order valence-corrected chi connectivity index (χ3v) is 1.99. The molecule has 0 heterocycles. The molecule has 0 aromatic carbocycles. The molecule has 0 saturated heterocycles. The first-order valence-electron chi connectivity index (χ1n) is 3.98. The first-order chi connectivity index (χ1) is 5.99. The predicted molar refractivity (Wildman–Crippen MR) is 49.0 cm³/mol. The Morgan fingerprint density at radius 2 is 2.08 bits per heavy atom. The van der Waals surface area contributed by atoms with Gasteiger partial charge in [-0.1, -0.05) is 6.58 Å². The SMILES string of the molecule is C=C(F)/C=C(/F)C(=NC)C1(N)CC1. The molecule has 0 aromatic rings. The van der Waals surface area contributed by atoms with Gasteiger partial charge >= 0.3 is 0 Å². The van der Waals surface area contributed by atoms with Gasteiger partial charge in [-0.05, 0) is 12.8 Å². The molecule has 2 N–H and O–H groups in total. The zero-order valence-electron chi connectivity index (χ0n) is 7.48. The average molecular weight is 186 g/mol. The number of halogens is 2. The summed E-state index contributed by atoms with van der Waals surface area (Å²) in [5.74, 6) is -1.56. The van der Waals surface area contributed by atoms with Crippen LogP contribution in [-0.2, 0) is 0 Å². The standard InChI is InChI=1S/C9H12F2N2/c1-6(10)5-7(11)8(13-2)9(12)3-4-9/h5H,1,3-4,12H2,2H3/b7-5+,13-8?. The van der Waals surface area contributed by atoms with Crippen molar-refractivity contribution >= 4 is 5.71 Å². The molecule has 2 nitrogen and oxygen atoms in total. The summed E-state index contributed by atoms with van der Waals surface area (Å²) in [5.41, 5.74) is 5.17. The molecule has 1 aliphatic carbocycles. The highest BCUT2D eigenvalue weighted by molar-refractivity contribution is 6.07. The lowest BCUT2D eigenvalue weighted by atomic mass is 10.1. The van der Waals surface area contributed by atoms with Gasteiger partial charge in [0.1, 0.15) is 11.7 Å². The molecule has 0 unspecified atom stereocenters. The summed E-state index contributed by atoms with van der Waals surface area (Å²) >= 11 is 0. The van der Waals surface area contributed by atoms with Crippen molar-refractivity contribution in [3.8, 4) is 0 Å². The van der Waals surface area contributed by atoms with Crippen LogP contribution in [0.15, 0.2) is 29.3 Å². The zero-order valence-corrected chi connectivity index (χ0v) is 7.48. The summed E-state index contributed by atoms with van der Waals surface area (Å²) in [7, 11) is 1.44. The fraction of sp³-hybridized carbons (Fsp3) is 0.444. The summed E-state index contributed by atoms with van der Waals surface area (Å²) in [6.07, 6.45) is 2.09. The number of rotatable bonds is 3. The Balaban J connectivity index is 2.85. The average Bonchev–Trinajstić information content (AvgIpc) is 2.68. The Hall–Kier alpha value is -1.03. The van der Waals surface area contributed by atoms with Gasteiger partial charge in [-0.25, -0.2) is 8.78 Å². The van der Waals surface area contributed by atoms with Crippen molar-refractivity contribution < 1.29 is 8.78 Å². The second-order valence-electron chi connectivity index (χ2n) is 3.17. The van der Waals surface area contributed by atoms with Crippen LogP contribution < -0.4 is 5.73 Å². The Morgan fingerprint density at radius 3 is 2.38 bits per heavy atom. The van der Waals surface area contributed by atoms with Crippen molar-refractivity contribution in [1.82, 2.24) is 0 Å². The Morgan fingerprint density at radius 1 is 1.54 bits per heavy atom. The first-order valence-corrected chi connectivity index (χ1v) is 3.98. The van der Waals surface area contributed by atoms with Crippen LogP contribution in [0.4, 0.5) is 8.78 Å². The highest BCUT2D eigenvalue weighted by atomic mass is 19.1. The van der Waals surface area contributed by atoms with E-state index in [1.807, 2.05) is 0 Å². The van der Waals surface area contributed by atoms with Crippen molar-refractivity contribution in [3.63, 3.8) is 0 Å². The molecule has 13 heavy (non-hydrogen) atoms. The minimum absolute atomic E-state index is 0.131. The highest BCUT2D eigenvalue weighted by Gasteiger charge is 2.44. The molecular formula is C9H12F2N2. The summed E-state index contributed by atoms with van der Waals surface area (Å²) in [6, 6.07) is 0. The normalized spacial score (nSPS) is 21.5. The van der Waals surface area contributed by atoms with Gasteiger partial charge in [0, 0.05) is 13.1 Å². The molecule has 0 amide bonds. The van der Waals surface area contributed by atoms with Crippen LogP contribution in [0.25, 0.3) is 0 Å². The number of allylic oxidation sites excluding steroid dienone is 2. The molecular weight excluding hydrogens is 174 g/mol. The first kappa shape index (κ1) is 10.1. The van der Waals surface area contributed by atoms with Gasteiger partial charge in [-0.3, -0.25) is 4.99 Å². The summed E-state index contributed by atoms with van der Waals surface area (Å²) < 4.78 is 25.5.